The van der Waals surface area contributed by atoms with E-state index < -0.39 is 24.0 Å². The van der Waals surface area contributed by atoms with Crippen molar-refractivity contribution in [3.8, 4) is 11.5 Å². The fourth-order valence-electron chi connectivity index (χ4n) is 2.44. The molecule has 8 N–H and O–H groups in total. The zero-order valence-electron chi connectivity index (χ0n) is 17.5. The summed E-state index contributed by atoms with van der Waals surface area (Å²) >= 11 is 0. The molecule has 0 saturated carbocycles. The quantitative estimate of drug-likeness (QED) is 0.174. The van der Waals surface area contributed by atoms with Crippen LogP contribution in [-0.2, 0) is 9.59 Å². The number of nitrogen functional groups attached to an aromatic ring is 1. The lowest BCUT2D eigenvalue weighted by Crippen LogP contribution is -2.25. The van der Waals surface area contributed by atoms with Gasteiger partial charge in [0.05, 0.1) is 0 Å². The Hall–Kier alpha value is -4.02. The molecule has 0 radical (unpaired) electrons. The summed E-state index contributed by atoms with van der Waals surface area (Å²) in [6.45, 7) is 2.84. The van der Waals surface area contributed by atoms with Crippen molar-refractivity contribution >= 4 is 39.5 Å². The highest BCUT2D eigenvalue weighted by molar-refractivity contribution is 5.96. The molecule has 0 bridgehead atoms. The second kappa shape index (κ2) is 10.3. The Bertz CT molecular complexity index is 1260. The molecule has 4 rings (SSSR count). The van der Waals surface area contributed by atoms with Crippen molar-refractivity contribution in [1.29, 1.82) is 0 Å². The zero-order valence-corrected chi connectivity index (χ0v) is 17.5. The molecular formula is C22H24N4O6. The van der Waals surface area contributed by atoms with Gasteiger partial charge in [0.2, 0.25) is 0 Å². The van der Waals surface area contributed by atoms with E-state index in [4.69, 9.17) is 31.8 Å². The molecule has 1 aliphatic heterocycles. The maximum absolute atomic E-state index is 12.1. The van der Waals surface area contributed by atoms with Crippen molar-refractivity contribution < 1.29 is 24.2 Å². The molecule has 0 saturated heterocycles. The third-order valence-electron chi connectivity index (χ3n) is 4.16. The summed E-state index contributed by atoms with van der Waals surface area (Å²) in [5.41, 5.74) is 17.9. The van der Waals surface area contributed by atoms with Crippen LogP contribution in [0.25, 0.3) is 33.3 Å². The molecule has 32 heavy (non-hydrogen) atoms. The largest absolute Gasteiger partial charge is 0.480 e. The monoisotopic (exact) mass is 440 g/mol. The third-order valence-corrected chi connectivity index (χ3v) is 4.16. The van der Waals surface area contributed by atoms with E-state index in [2.05, 4.69) is 4.98 Å². The molecule has 10 heteroatoms. The van der Waals surface area contributed by atoms with E-state index in [1.165, 1.54) is 19.9 Å². The summed E-state index contributed by atoms with van der Waals surface area (Å²) in [5, 5.41) is 17.2. The Morgan fingerprint density at radius 3 is 2.00 bits per heavy atom. The van der Waals surface area contributed by atoms with Gasteiger partial charge in [0, 0.05) is 28.6 Å². The van der Waals surface area contributed by atoms with E-state index >= 15 is 0 Å². The number of aliphatic carboxylic acids is 2. The first-order valence-corrected chi connectivity index (χ1v) is 9.50. The molecular weight excluding hydrogens is 416 g/mol. The molecule has 2 atom stereocenters. The number of aromatic nitrogens is 1. The summed E-state index contributed by atoms with van der Waals surface area (Å²) in [7, 11) is 0. The molecule has 2 aromatic carbocycles. The van der Waals surface area contributed by atoms with Gasteiger partial charge in [0.15, 0.2) is 16.8 Å². The Kier molecular flexibility index (Phi) is 7.83. The van der Waals surface area contributed by atoms with Gasteiger partial charge < -0.3 is 31.8 Å². The highest BCUT2D eigenvalue weighted by Gasteiger charge is 2.15. The first-order chi connectivity index (χ1) is 15.0. The molecule has 2 aliphatic rings. The fourth-order valence-corrected chi connectivity index (χ4v) is 2.44. The van der Waals surface area contributed by atoms with E-state index in [1.54, 1.807) is 18.2 Å². The third kappa shape index (κ3) is 6.00. The highest BCUT2D eigenvalue weighted by Crippen LogP contribution is 2.30. The zero-order chi connectivity index (χ0) is 24.0. The molecule has 1 heterocycles. The molecule has 0 fully saturated rings. The van der Waals surface area contributed by atoms with Gasteiger partial charge in [-0.15, -0.1) is 0 Å². The molecule has 10 nitrogen and oxygen atoms in total. The summed E-state index contributed by atoms with van der Waals surface area (Å²) in [6, 6.07) is 12.7. The van der Waals surface area contributed by atoms with E-state index in [0.717, 1.165) is 10.9 Å². The van der Waals surface area contributed by atoms with Gasteiger partial charge in [-0.25, -0.2) is 4.98 Å². The molecule has 0 amide bonds. The van der Waals surface area contributed by atoms with Crippen molar-refractivity contribution in [2.45, 2.75) is 25.9 Å². The van der Waals surface area contributed by atoms with Crippen LogP contribution < -0.4 is 22.6 Å². The minimum atomic E-state index is -0.963. The molecule has 0 aromatic heterocycles. The summed E-state index contributed by atoms with van der Waals surface area (Å²) in [5.74, 6) is -1.45. The van der Waals surface area contributed by atoms with Gasteiger partial charge in [-0.2, -0.15) is 0 Å². The van der Waals surface area contributed by atoms with Crippen LogP contribution in [0.15, 0.2) is 57.7 Å². The molecule has 0 unspecified atom stereocenters. The highest BCUT2D eigenvalue weighted by atomic mass is 16.4. The van der Waals surface area contributed by atoms with Crippen LogP contribution in [0.4, 0.5) is 5.69 Å². The first-order valence-electron chi connectivity index (χ1n) is 9.50. The predicted molar refractivity (Wildman–Crippen MR) is 121 cm³/mol. The predicted octanol–water partition coefficient (Wildman–Crippen LogP) is 1.86. The minimum absolute atomic E-state index is 0.0677. The van der Waals surface area contributed by atoms with Crippen LogP contribution in [0.1, 0.15) is 13.8 Å². The second-order valence-electron chi connectivity index (χ2n) is 6.96. The summed E-state index contributed by atoms with van der Waals surface area (Å²) in [6.07, 6.45) is 0. The summed E-state index contributed by atoms with van der Waals surface area (Å²) < 4.78 is 5.77. The van der Waals surface area contributed by atoms with Crippen molar-refractivity contribution in [3.63, 3.8) is 0 Å². The smallest absolute Gasteiger partial charge is 0.320 e. The van der Waals surface area contributed by atoms with Crippen LogP contribution in [0.3, 0.4) is 0 Å². The Morgan fingerprint density at radius 1 is 0.938 bits per heavy atom. The van der Waals surface area contributed by atoms with Crippen LogP contribution in [0.5, 0.6) is 0 Å². The van der Waals surface area contributed by atoms with Gasteiger partial charge in [0.25, 0.3) is 0 Å². The number of hydrogen-bond acceptors (Lipinski definition) is 8. The number of anilines is 1. The number of hydrogen-bond donors (Lipinski definition) is 5. The van der Waals surface area contributed by atoms with E-state index in [1.807, 2.05) is 24.3 Å². The number of nitrogens with two attached hydrogens (primary N) is 3. The van der Waals surface area contributed by atoms with Crippen LogP contribution in [-0.4, -0.2) is 39.2 Å². The molecule has 2 aromatic rings. The lowest BCUT2D eigenvalue weighted by Gasteiger charge is -2.09. The number of nitrogens with zero attached hydrogens (tertiary/aromatic N) is 1. The average molecular weight is 440 g/mol. The number of fused-ring (bicyclic) bond motifs is 4. The normalized spacial score (nSPS) is 12.2. The van der Waals surface area contributed by atoms with Crippen molar-refractivity contribution in [2.75, 3.05) is 5.73 Å². The number of benzene rings is 3. The Morgan fingerprint density at radius 2 is 1.47 bits per heavy atom. The van der Waals surface area contributed by atoms with E-state index in [9.17, 15) is 14.4 Å². The standard InChI is InChI=1S/C16H10N2O2.2C3H7NO2/c17-9-5-6-12-14(7-9)20-15-8-13(19)10-3-1-2-4-11(10)16(15)18-12;2*1-2(4)3(5)6/h1-8H,17H2;2*2H,4H2,1H3,(H,5,6)/t;2*2-/m.00/s1. The van der Waals surface area contributed by atoms with Gasteiger partial charge in [0.1, 0.15) is 23.3 Å². The number of carbonyl (C=O) groups is 2. The Labute approximate surface area is 182 Å². The second-order valence-corrected chi connectivity index (χ2v) is 6.96. The Balaban J connectivity index is 0.000000253. The van der Waals surface area contributed by atoms with Crippen LogP contribution >= 0.6 is 0 Å². The molecule has 1 aliphatic carbocycles. The van der Waals surface area contributed by atoms with Crippen LogP contribution in [0.2, 0.25) is 0 Å². The van der Waals surface area contributed by atoms with Gasteiger partial charge >= 0.3 is 11.9 Å². The lowest BCUT2D eigenvalue weighted by atomic mass is 10.0. The number of carboxylic acids is 2. The molecule has 168 valence electrons. The first kappa shape index (κ1) is 24.3. The number of rotatable bonds is 2. The maximum atomic E-state index is 12.1. The fraction of sp³-hybridized carbons (Fsp3) is 0.182. The van der Waals surface area contributed by atoms with Gasteiger partial charge in [-0.05, 0) is 26.0 Å². The van der Waals surface area contributed by atoms with E-state index in [-0.39, 0.29) is 5.43 Å². The minimum Gasteiger partial charge on any atom is -0.480 e. The van der Waals surface area contributed by atoms with Crippen molar-refractivity contribution in [3.05, 3.63) is 58.8 Å². The SMILES string of the molecule is C[C@H](N)C(=O)O.C[C@H](N)C(=O)O.Nc1ccc2nc3c4ccccc4c(=O)cc-3oc2c1. The average Bonchev–Trinajstić information content (AvgIpc) is 2.73. The maximum Gasteiger partial charge on any atom is 0.320 e. The van der Waals surface area contributed by atoms with Gasteiger partial charge in [-0.1, -0.05) is 24.3 Å². The summed E-state index contributed by atoms with van der Waals surface area (Å²) in [4.78, 5) is 35.8. The van der Waals surface area contributed by atoms with Crippen LogP contribution in [0, 0.1) is 0 Å². The topological polar surface area (TPSA) is 196 Å². The molecule has 0 spiro atoms. The van der Waals surface area contributed by atoms with Gasteiger partial charge in [-0.3, -0.25) is 14.4 Å². The van der Waals surface area contributed by atoms with Crippen molar-refractivity contribution in [1.82, 2.24) is 4.98 Å². The van der Waals surface area contributed by atoms with E-state index in [0.29, 0.717) is 28.1 Å². The lowest BCUT2D eigenvalue weighted by molar-refractivity contribution is -0.139. The number of carboxylic acid groups (broad SMARTS) is 2. The van der Waals surface area contributed by atoms with Crippen molar-refractivity contribution in [2.24, 2.45) is 11.5 Å².